The Kier molecular flexibility index (Phi) is 7.92. The molecular formula is C20H26FNO2S. The van der Waals surface area contributed by atoms with Gasteiger partial charge in [0.2, 0.25) is 0 Å². The molecule has 5 heteroatoms. The van der Waals surface area contributed by atoms with Crippen LogP contribution in [0.15, 0.2) is 41.8 Å². The number of anilines is 1. The van der Waals surface area contributed by atoms with Crippen LogP contribution in [0.3, 0.4) is 0 Å². The van der Waals surface area contributed by atoms with Gasteiger partial charge in [-0.2, -0.15) is 0 Å². The lowest BCUT2D eigenvalue weighted by atomic mass is 10.1. The number of ether oxygens (including phenoxy) is 1. The third kappa shape index (κ3) is 6.16. The fourth-order valence-corrected chi connectivity index (χ4v) is 3.32. The predicted octanol–water partition coefficient (Wildman–Crippen LogP) is 6.39. The number of carbonyl (C=O) groups excluding carboxylic acids is 1. The number of hydrogen-bond donors (Lipinski definition) is 0. The zero-order valence-corrected chi connectivity index (χ0v) is 15.7. The summed E-state index contributed by atoms with van der Waals surface area (Å²) in [6.07, 6.45) is 4.67. The molecule has 0 aliphatic carbocycles. The maximum Gasteiger partial charge on any atom is 0.415 e. The Morgan fingerprint density at radius 2 is 1.96 bits per heavy atom. The van der Waals surface area contributed by atoms with Crippen LogP contribution in [0.1, 0.15) is 51.5 Å². The molecule has 1 amide bonds. The minimum Gasteiger partial charge on any atom is -0.446 e. The molecular weight excluding hydrogens is 337 g/mol. The fourth-order valence-electron chi connectivity index (χ4n) is 2.60. The van der Waals surface area contributed by atoms with E-state index in [4.69, 9.17) is 4.74 Å². The molecule has 3 nitrogen and oxygen atoms in total. The molecule has 0 saturated carbocycles. The van der Waals surface area contributed by atoms with Crippen molar-refractivity contribution in [3.8, 4) is 0 Å². The zero-order chi connectivity index (χ0) is 18.1. The summed E-state index contributed by atoms with van der Waals surface area (Å²) in [4.78, 5) is 14.4. The quantitative estimate of drug-likeness (QED) is 0.483. The van der Waals surface area contributed by atoms with Crippen molar-refractivity contribution in [2.24, 2.45) is 0 Å². The molecule has 0 fully saturated rings. The van der Waals surface area contributed by atoms with Gasteiger partial charge in [-0.1, -0.05) is 38.8 Å². The van der Waals surface area contributed by atoms with Gasteiger partial charge in [0.25, 0.3) is 0 Å². The lowest BCUT2D eigenvalue weighted by Crippen LogP contribution is -2.33. The van der Waals surface area contributed by atoms with Gasteiger partial charge >= 0.3 is 6.09 Å². The van der Waals surface area contributed by atoms with E-state index in [0.29, 0.717) is 6.54 Å². The molecule has 0 bridgehead atoms. The van der Waals surface area contributed by atoms with Crippen molar-refractivity contribution in [3.63, 3.8) is 0 Å². The van der Waals surface area contributed by atoms with Crippen molar-refractivity contribution < 1.29 is 13.9 Å². The molecule has 0 spiro atoms. The van der Waals surface area contributed by atoms with E-state index in [9.17, 15) is 9.18 Å². The summed E-state index contributed by atoms with van der Waals surface area (Å²) in [6.45, 7) is 4.57. The summed E-state index contributed by atoms with van der Waals surface area (Å²) < 4.78 is 18.9. The average Bonchev–Trinajstić information content (AvgIpc) is 3.14. The number of unbranched alkanes of at least 4 members (excludes halogenated alkanes) is 2. The molecule has 25 heavy (non-hydrogen) atoms. The van der Waals surface area contributed by atoms with Crippen LogP contribution in [0, 0.1) is 5.82 Å². The molecule has 136 valence electrons. The summed E-state index contributed by atoms with van der Waals surface area (Å²) in [7, 11) is 0. The Labute approximate surface area is 153 Å². The van der Waals surface area contributed by atoms with Gasteiger partial charge < -0.3 is 4.74 Å². The summed E-state index contributed by atoms with van der Waals surface area (Å²) >= 11 is 1.49. The number of halogens is 1. The van der Waals surface area contributed by atoms with E-state index in [1.807, 2.05) is 24.4 Å². The second-order valence-corrected chi connectivity index (χ2v) is 7.00. The van der Waals surface area contributed by atoms with E-state index in [1.54, 1.807) is 17.0 Å². The number of benzene rings is 1. The highest BCUT2D eigenvalue weighted by atomic mass is 32.1. The Morgan fingerprint density at radius 1 is 1.20 bits per heavy atom. The second kappa shape index (κ2) is 10.2. The Bertz CT molecular complexity index is 628. The van der Waals surface area contributed by atoms with Crippen molar-refractivity contribution in [2.45, 2.75) is 58.6 Å². The van der Waals surface area contributed by atoms with Gasteiger partial charge in [0.05, 0.1) is 6.54 Å². The van der Waals surface area contributed by atoms with Gasteiger partial charge in [-0.25, -0.2) is 9.18 Å². The normalized spacial score (nSPS) is 12.0. The van der Waals surface area contributed by atoms with Crippen LogP contribution >= 0.6 is 11.3 Å². The molecule has 0 N–H and O–H groups in total. The van der Waals surface area contributed by atoms with E-state index in [1.165, 1.54) is 23.5 Å². The van der Waals surface area contributed by atoms with Crippen LogP contribution in [0.2, 0.25) is 0 Å². The first-order valence-electron chi connectivity index (χ1n) is 8.90. The number of thiophene rings is 1. The topological polar surface area (TPSA) is 29.5 Å². The first-order valence-corrected chi connectivity index (χ1v) is 9.78. The number of nitrogens with zero attached hydrogens (tertiary/aromatic N) is 1. The largest absolute Gasteiger partial charge is 0.446 e. The monoisotopic (exact) mass is 363 g/mol. The summed E-state index contributed by atoms with van der Waals surface area (Å²) in [6, 6.07) is 10.0. The molecule has 1 atom stereocenters. The zero-order valence-electron chi connectivity index (χ0n) is 14.9. The van der Waals surface area contributed by atoms with Crippen LogP contribution in [0.4, 0.5) is 14.2 Å². The summed E-state index contributed by atoms with van der Waals surface area (Å²) in [5.74, 6) is -0.282. The second-order valence-electron chi connectivity index (χ2n) is 6.07. The van der Waals surface area contributed by atoms with Crippen molar-refractivity contribution in [2.75, 3.05) is 4.90 Å². The maximum absolute atomic E-state index is 13.1. The third-order valence-corrected chi connectivity index (χ3v) is 4.99. The lowest BCUT2D eigenvalue weighted by Gasteiger charge is -2.24. The van der Waals surface area contributed by atoms with Gasteiger partial charge in [-0.05, 0) is 54.5 Å². The molecule has 1 aromatic carbocycles. The van der Waals surface area contributed by atoms with Crippen molar-refractivity contribution in [1.29, 1.82) is 0 Å². The van der Waals surface area contributed by atoms with Gasteiger partial charge in [-0.3, -0.25) is 4.90 Å². The third-order valence-electron chi connectivity index (χ3n) is 4.10. The summed E-state index contributed by atoms with van der Waals surface area (Å²) in [5, 5.41) is 2.76. The highest BCUT2D eigenvalue weighted by molar-refractivity contribution is 7.14. The van der Waals surface area contributed by atoms with Crippen LogP contribution in [-0.2, 0) is 11.3 Å². The molecule has 1 heterocycles. The van der Waals surface area contributed by atoms with Crippen molar-refractivity contribution in [3.05, 3.63) is 53.2 Å². The number of hydrogen-bond acceptors (Lipinski definition) is 3. The van der Waals surface area contributed by atoms with Crippen molar-refractivity contribution in [1.82, 2.24) is 0 Å². The molecule has 0 aliphatic rings. The van der Waals surface area contributed by atoms with Gasteiger partial charge in [0.15, 0.2) is 0 Å². The first kappa shape index (κ1) is 19.4. The molecule has 2 rings (SSSR count). The Balaban J connectivity index is 2.06. The van der Waals surface area contributed by atoms with E-state index in [2.05, 4.69) is 6.92 Å². The number of carbonyl (C=O) groups is 1. The van der Waals surface area contributed by atoms with E-state index < -0.39 is 0 Å². The van der Waals surface area contributed by atoms with Crippen LogP contribution in [-0.4, -0.2) is 12.2 Å². The highest BCUT2D eigenvalue weighted by Gasteiger charge is 2.22. The molecule has 0 saturated heterocycles. The Morgan fingerprint density at radius 3 is 2.56 bits per heavy atom. The van der Waals surface area contributed by atoms with Crippen LogP contribution in [0.25, 0.3) is 0 Å². The highest BCUT2D eigenvalue weighted by Crippen LogP contribution is 2.25. The number of rotatable bonds is 9. The average molecular weight is 363 g/mol. The van der Waals surface area contributed by atoms with Gasteiger partial charge in [-0.15, -0.1) is 11.3 Å². The van der Waals surface area contributed by atoms with Crippen LogP contribution in [0.5, 0.6) is 0 Å². The first-order chi connectivity index (χ1) is 12.1. The standard InChI is InChI=1S/C20H26FNO2S/c1-3-5-6-8-18(4-2)24-20(23)22(19-9-7-14-25-19)15-16-10-12-17(21)13-11-16/h7,9-14,18H,3-6,8,15H2,1-2H3. The predicted molar refractivity (Wildman–Crippen MR) is 102 cm³/mol. The minimum atomic E-state index is -0.338. The minimum absolute atomic E-state index is 0.0604. The maximum atomic E-state index is 13.1. The fraction of sp³-hybridized carbons (Fsp3) is 0.450. The SMILES string of the molecule is CCCCCC(CC)OC(=O)N(Cc1ccc(F)cc1)c1cccs1. The smallest absolute Gasteiger partial charge is 0.415 e. The summed E-state index contributed by atoms with van der Waals surface area (Å²) in [5.41, 5.74) is 0.866. The molecule has 1 unspecified atom stereocenters. The van der Waals surface area contributed by atoms with Gasteiger partial charge in [0.1, 0.15) is 16.9 Å². The van der Waals surface area contributed by atoms with E-state index in [0.717, 1.165) is 42.7 Å². The molecule has 2 aromatic rings. The van der Waals surface area contributed by atoms with Gasteiger partial charge in [0, 0.05) is 0 Å². The Hall–Kier alpha value is -1.88. The van der Waals surface area contributed by atoms with E-state index >= 15 is 0 Å². The molecule has 0 radical (unpaired) electrons. The van der Waals surface area contributed by atoms with E-state index in [-0.39, 0.29) is 18.0 Å². The lowest BCUT2D eigenvalue weighted by molar-refractivity contribution is 0.0945. The number of amides is 1. The molecule has 1 aromatic heterocycles. The molecule has 0 aliphatic heterocycles. The van der Waals surface area contributed by atoms with Crippen LogP contribution < -0.4 is 4.90 Å². The van der Waals surface area contributed by atoms with Crippen molar-refractivity contribution >= 4 is 22.4 Å².